The first kappa shape index (κ1) is 21.9. The second kappa shape index (κ2) is 9.81. The summed E-state index contributed by atoms with van der Waals surface area (Å²) in [5.41, 5.74) is 1.79. The highest BCUT2D eigenvalue weighted by Gasteiger charge is 2.21. The average Bonchev–Trinajstić information content (AvgIpc) is 3.07. The minimum absolute atomic E-state index is 0.153. The Labute approximate surface area is 187 Å². The first-order valence-corrected chi connectivity index (χ1v) is 10.0. The molecule has 0 spiro atoms. The molecule has 2 aromatic carbocycles. The Bertz CT molecular complexity index is 1130. The molecule has 0 bridgehead atoms. The maximum atomic E-state index is 12.7. The summed E-state index contributed by atoms with van der Waals surface area (Å²) in [6.45, 7) is -0.585. The van der Waals surface area contributed by atoms with E-state index >= 15 is 0 Å². The molecule has 30 heavy (non-hydrogen) atoms. The van der Waals surface area contributed by atoms with E-state index in [4.69, 9.17) is 36.0 Å². The topological polar surface area (TPSA) is 106 Å². The van der Waals surface area contributed by atoms with Gasteiger partial charge in [-0.2, -0.15) is 0 Å². The summed E-state index contributed by atoms with van der Waals surface area (Å²) in [5.74, 6) is -0.370. The van der Waals surface area contributed by atoms with E-state index in [1.807, 2.05) is 0 Å². The number of aliphatic hydroxyl groups excluding tert-OH is 1. The molecule has 1 heterocycles. The summed E-state index contributed by atoms with van der Waals surface area (Å²) in [7, 11) is 0. The van der Waals surface area contributed by atoms with Crippen molar-refractivity contribution in [1.29, 1.82) is 0 Å². The van der Waals surface area contributed by atoms with E-state index in [-0.39, 0.29) is 12.5 Å². The van der Waals surface area contributed by atoms with Crippen LogP contribution in [-0.2, 0) is 9.59 Å². The van der Waals surface area contributed by atoms with Crippen LogP contribution in [0.15, 0.2) is 48.5 Å². The van der Waals surface area contributed by atoms with E-state index in [0.717, 1.165) is 0 Å². The van der Waals surface area contributed by atoms with Gasteiger partial charge in [-0.15, -0.1) is 0 Å². The number of halogens is 1. The number of anilines is 2. The smallest absolute Gasteiger partial charge is 0.243 e. The molecule has 156 valence electrons. The van der Waals surface area contributed by atoms with E-state index in [1.165, 1.54) is 4.90 Å². The molecule has 0 radical (unpaired) electrons. The predicted octanol–water partition coefficient (Wildman–Crippen LogP) is 3.25. The SMILES string of the molecule is O=CC(CO)N(CC(=O)Nc1cccc(-n2c(=S)[nH][nH]c2=S)c1)c1ccc(Cl)cc1. The molecular formula is C19H18ClN5O3S2. The number of benzene rings is 2. The van der Waals surface area contributed by atoms with E-state index < -0.39 is 12.6 Å². The average molecular weight is 464 g/mol. The number of amides is 1. The first-order chi connectivity index (χ1) is 14.4. The van der Waals surface area contributed by atoms with Gasteiger partial charge in [0.2, 0.25) is 5.91 Å². The van der Waals surface area contributed by atoms with Crippen molar-refractivity contribution in [3.05, 3.63) is 63.1 Å². The fourth-order valence-electron chi connectivity index (χ4n) is 2.87. The van der Waals surface area contributed by atoms with Crippen molar-refractivity contribution in [2.24, 2.45) is 0 Å². The lowest BCUT2D eigenvalue weighted by Crippen LogP contribution is -2.44. The largest absolute Gasteiger partial charge is 0.394 e. The van der Waals surface area contributed by atoms with Crippen molar-refractivity contribution in [1.82, 2.24) is 14.8 Å². The Morgan fingerprint density at radius 2 is 1.87 bits per heavy atom. The number of carbonyl (C=O) groups excluding carboxylic acids is 2. The number of aromatic amines is 2. The maximum Gasteiger partial charge on any atom is 0.243 e. The van der Waals surface area contributed by atoms with Gasteiger partial charge in [-0.3, -0.25) is 19.6 Å². The molecule has 4 N–H and O–H groups in total. The lowest BCUT2D eigenvalue weighted by Gasteiger charge is -2.28. The third kappa shape index (κ3) is 5.03. The number of aliphatic hydroxyl groups is 1. The van der Waals surface area contributed by atoms with Crippen LogP contribution < -0.4 is 10.2 Å². The molecule has 0 fully saturated rings. The summed E-state index contributed by atoms with van der Waals surface area (Å²) in [6, 6.07) is 12.8. The van der Waals surface area contributed by atoms with Gasteiger partial charge < -0.3 is 20.1 Å². The van der Waals surface area contributed by atoms with Crippen LogP contribution >= 0.6 is 36.0 Å². The molecule has 1 unspecified atom stereocenters. The monoisotopic (exact) mass is 463 g/mol. The van der Waals surface area contributed by atoms with Crippen LogP contribution in [0, 0.1) is 9.54 Å². The Morgan fingerprint density at radius 3 is 2.47 bits per heavy atom. The molecular weight excluding hydrogens is 446 g/mol. The summed E-state index contributed by atoms with van der Waals surface area (Å²) >= 11 is 16.3. The number of nitrogens with one attached hydrogen (secondary N) is 3. The number of aromatic nitrogens is 3. The molecule has 1 aromatic heterocycles. The van der Waals surface area contributed by atoms with Crippen molar-refractivity contribution < 1.29 is 14.7 Å². The van der Waals surface area contributed by atoms with E-state index in [1.54, 1.807) is 53.1 Å². The van der Waals surface area contributed by atoms with Crippen LogP contribution in [-0.4, -0.2) is 51.3 Å². The van der Waals surface area contributed by atoms with Gasteiger partial charge in [0.05, 0.1) is 18.8 Å². The second-order valence-electron chi connectivity index (χ2n) is 6.28. The van der Waals surface area contributed by atoms with Gasteiger partial charge in [0.1, 0.15) is 12.3 Å². The summed E-state index contributed by atoms with van der Waals surface area (Å²) in [6.07, 6.45) is 0.595. The summed E-state index contributed by atoms with van der Waals surface area (Å²) in [4.78, 5) is 25.6. The first-order valence-electron chi connectivity index (χ1n) is 8.81. The third-order valence-corrected chi connectivity index (χ3v) is 5.11. The Kier molecular flexibility index (Phi) is 7.16. The van der Waals surface area contributed by atoms with E-state index in [9.17, 15) is 14.7 Å². The molecule has 0 aliphatic heterocycles. The number of nitrogens with zero attached hydrogens (tertiary/aromatic N) is 2. The number of aldehydes is 1. The standard InChI is InChI=1S/C19H18ClN5O3S2/c20-12-4-6-14(7-5-12)24(16(10-26)11-27)9-17(28)21-13-2-1-3-15(8-13)25-18(29)22-23-19(25)30/h1-8,10,16,27H,9,11H2,(H,21,28)(H,22,29)(H,23,30). The van der Waals surface area contributed by atoms with Crippen molar-refractivity contribution >= 4 is 59.6 Å². The molecule has 0 aliphatic rings. The lowest BCUT2D eigenvalue weighted by molar-refractivity contribution is -0.115. The number of H-pyrrole nitrogens is 2. The predicted molar refractivity (Wildman–Crippen MR) is 121 cm³/mol. The van der Waals surface area contributed by atoms with Crippen molar-refractivity contribution in [2.45, 2.75) is 6.04 Å². The van der Waals surface area contributed by atoms with Gasteiger partial charge in [0, 0.05) is 16.4 Å². The third-order valence-electron chi connectivity index (χ3n) is 4.29. The van der Waals surface area contributed by atoms with Gasteiger partial charge in [-0.25, -0.2) is 0 Å². The van der Waals surface area contributed by atoms with Crippen molar-refractivity contribution in [3.63, 3.8) is 0 Å². The fourth-order valence-corrected chi connectivity index (χ4v) is 3.55. The highest BCUT2D eigenvalue weighted by molar-refractivity contribution is 7.72. The normalized spacial score (nSPS) is 11.7. The van der Waals surface area contributed by atoms with Gasteiger partial charge in [0.15, 0.2) is 9.54 Å². The molecule has 0 saturated heterocycles. The quantitative estimate of drug-likeness (QED) is 0.302. The fraction of sp³-hybridized carbons (Fsp3) is 0.158. The van der Waals surface area contributed by atoms with Crippen LogP contribution in [0.4, 0.5) is 11.4 Å². The van der Waals surface area contributed by atoms with Crippen LogP contribution in [0.1, 0.15) is 0 Å². The zero-order valence-corrected chi connectivity index (χ0v) is 17.9. The molecule has 3 aromatic rings. The van der Waals surface area contributed by atoms with Gasteiger partial charge in [-0.1, -0.05) is 17.7 Å². The number of rotatable bonds is 8. The molecule has 1 atom stereocenters. The Morgan fingerprint density at radius 1 is 1.20 bits per heavy atom. The van der Waals surface area contributed by atoms with Crippen LogP contribution in [0.5, 0.6) is 0 Å². The van der Waals surface area contributed by atoms with Crippen LogP contribution in [0.25, 0.3) is 5.69 Å². The molecule has 1 amide bonds. The van der Waals surface area contributed by atoms with Crippen molar-refractivity contribution in [2.75, 3.05) is 23.4 Å². The highest BCUT2D eigenvalue weighted by atomic mass is 35.5. The summed E-state index contributed by atoms with van der Waals surface area (Å²) < 4.78 is 2.41. The highest BCUT2D eigenvalue weighted by Crippen LogP contribution is 2.20. The van der Waals surface area contributed by atoms with Gasteiger partial charge in [0.25, 0.3) is 0 Å². The molecule has 0 aliphatic carbocycles. The number of hydrogen-bond acceptors (Lipinski definition) is 6. The zero-order chi connectivity index (χ0) is 21.7. The van der Waals surface area contributed by atoms with E-state index in [0.29, 0.717) is 37.9 Å². The van der Waals surface area contributed by atoms with E-state index in [2.05, 4.69) is 15.5 Å². The molecule has 0 saturated carbocycles. The maximum absolute atomic E-state index is 12.7. The molecule has 8 nitrogen and oxygen atoms in total. The number of hydrogen-bond donors (Lipinski definition) is 4. The Hall–Kier alpha value is -2.79. The van der Waals surface area contributed by atoms with Crippen LogP contribution in [0.2, 0.25) is 5.02 Å². The minimum Gasteiger partial charge on any atom is -0.394 e. The number of carbonyl (C=O) groups is 2. The summed E-state index contributed by atoms with van der Waals surface area (Å²) in [5, 5.41) is 18.4. The molecule has 11 heteroatoms. The lowest BCUT2D eigenvalue weighted by atomic mass is 10.2. The van der Waals surface area contributed by atoms with Crippen LogP contribution in [0.3, 0.4) is 0 Å². The van der Waals surface area contributed by atoms with Gasteiger partial charge >= 0.3 is 0 Å². The van der Waals surface area contributed by atoms with Gasteiger partial charge in [-0.05, 0) is 66.9 Å². The second-order valence-corrected chi connectivity index (χ2v) is 7.49. The Balaban J connectivity index is 1.81. The zero-order valence-electron chi connectivity index (χ0n) is 15.5. The minimum atomic E-state index is -0.875. The molecule has 3 rings (SSSR count). The van der Waals surface area contributed by atoms with Crippen molar-refractivity contribution in [3.8, 4) is 5.69 Å².